The summed E-state index contributed by atoms with van der Waals surface area (Å²) in [5.41, 5.74) is 1.94. The number of hydrogen-bond acceptors (Lipinski definition) is 4. The van der Waals surface area contributed by atoms with Gasteiger partial charge in [-0.25, -0.2) is 0 Å². The predicted octanol–water partition coefficient (Wildman–Crippen LogP) is 5.28. The van der Waals surface area contributed by atoms with Crippen molar-refractivity contribution < 1.29 is 9.85 Å². The van der Waals surface area contributed by atoms with Gasteiger partial charge in [0, 0.05) is 36.1 Å². The fourth-order valence-electron chi connectivity index (χ4n) is 4.93. The molecule has 2 radical (unpaired) electrons. The summed E-state index contributed by atoms with van der Waals surface area (Å²) in [5, 5.41) is 22.0. The molecule has 2 unspecified atom stereocenters. The zero-order chi connectivity index (χ0) is 20.1. The van der Waals surface area contributed by atoms with Crippen molar-refractivity contribution in [3.8, 4) is 0 Å². The summed E-state index contributed by atoms with van der Waals surface area (Å²) in [6.45, 7) is 4.35. The second-order valence-corrected chi connectivity index (χ2v) is 7.86. The van der Waals surface area contributed by atoms with Crippen LogP contribution in [0.5, 0.6) is 0 Å². The first-order valence-electron chi connectivity index (χ1n) is 9.21. The highest BCUT2D eigenvalue weighted by Crippen LogP contribution is 2.64. The molecule has 0 heterocycles. The van der Waals surface area contributed by atoms with Gasteiger partial charge in [-0.2, -0.15) is 0 Å². The molecule has 2 aliphatic rings. The quantitative estimate of drug-likeness (QED) is 0.413. The van der Waals surface area contributed by atoms with E-state index in [-0.39, 0.29) is 32.6 Å². The number of benzene rings is 2. The van der Waals surface area contributed by atoms with Crippen molar-refractivity contribution in [3.63, 3.8) is 0 Å². The van der Waals surface area contributed by atoms with E-state index in [1.54, 1.807) is 24.3 Å². The summed E-state index contributed by atoms with van der Waals surface area (Å²) >= 11 is 0. The first-order valence-corrected chi connectivity index (χ1v) is 9.21. The third-order valence-electron chi connectivity index (χ3n) is 6.00. The van der Waals surface area contributed by atoms with Crippen LogP contribution in [-0.4, -0.2) is 9.85 Å². The Balaban J connectivity index is 1.74. The van der Waals surface area contributed by atoms with Crippen LogP contribution in [0.15, 0.2) is 60.7 Å². The van der Waals surface area contributed by atoms with E-state index >= 15 is 0 Å². The number of allylic oxidation sites excluding steroid dienone is 2. The van der Waals surface area contributed by atoms with Crippen molar-refractivity contribution in [2.45, 2.75) is 20.3 Å². The topological polar surface area (TPSA) is 86.3 Å². The second kappa shape index (κ2) is 6.55. The summed E-state index contributed by atoms with van der Waals surface area (Å²) in [4.78, 5) is 21.2. The lowest BCUT2D eigenvalue weighted by molar-refractivity contribution is -0.385. The molecular weight excluding hydrogens is 356 g/mol. The first-order chi connectivity index (χ1) is 13.3. The van der Waals surface area contributed by atoms with E-state index in [0.29, 0.717) is 5.92 Å². The van der Waals surface area contributed by atoms with Crippen LogP contribution in [0.4, 0.5) is 11.4 Å². The summed E-state index contributed by atoms with van der Waals surface area (Å²) in [7, 11) is 0. The minimum Gasteiger partial charge on any atom is -0.258 e. The molecule has 6 nitrogen and oxygen atoms in total. The lowest BCUT2D eigenvalue weighted by atomic mass is 9.68. The van der Waals surface area contributed by atoms with E-state index in [0.717, 1.165) is 17.5 Å². The van der Waals surface area contributed by atoms with Crippen LogP contribution in [-0.2, 0) is 0 Å². The summed E-state index contributed by atoms with van der Waals surface area (Å²) in [6, 6.07) is 13.5. The van der Waals surface area contributed by atoms with Gasteiger partial charge >= 0.3 is 0 Å². The third-order valence-corrected chi connectivity index (χ3v) is 6.00. The number of nitrogens with zero attached hydrogens (tertiary/aromatic N) is 2. The number of rotatable bonds is 4. The predicted molar refractivity (Wildman–Crippen MR) is 105 cm³/mol. The Kier molecular flexibility index (Phi) is 4.29. The highest BCUT2D eigenvalue weighted by molar-refractivity contribution is 5.56. The van der Waals surface area contributed by atoms with Crippen LogP contribution in [0, 0.1) is 49.3 Å². The van der Waals surface area contributed by atoms with Gasteiger partial charge in [0.15, 0.2) is 0 Å². The maximum absolute atomic E-state index is 11.0. The molecule has 2 aromatic carbocycles. The summed E-state index contributed by atoms with van der Waals surface area (Å²) in [5.74, 6) is 3.06. The van der Waals surface area contributed by atoms with Crippen LogP contribution >= 0.6 is 0 Å². The Morgan fingerprint density at radius 3 is 1.75 bits per heavy atom. The molecule has 2 atom stereocenters. The molecule has 0 amide bonds. The zero-order valence-electron chi connectivity index (χ0n) is 15.7. The van der Waals surface area contributed by atoms with Gasteiger partial charge in [0.25, 0.3) is 11.4 Å². The van der Waals surface area contributed by atoms with Crippen LogP contribution in [0.3, 0.4) is 0 Å². The summed E-state index contributed by atoms with van der Waals surface area (Å²) < 4.78 is 0. The van der Waals surface area contributed by atoms with E-state index in [4.69, 9.17) is 0 Å². The highest BCUT2D eigenvalue weighted by atomic mass is 16.6. The molecule has 6 heteroatoms. The lowest BCUT2D eigenvalue weighted by Gasteiger charge is -2.34. The van der Waals surface area contributed by atoms with Gasteiger partial charge in [0.1, 0.15) is 0 Å². The van der Waals surface area contributed by atoms with E-state index in [1.807, 2.05) is 24.3 Å². The molecule has 4 rings (SSSR count). The number of nitro benzene ring substituents is 2. The standard InChI is InChI=1S/C22H20N2O4/c1-22(2)20(14-6-10-16(11-7-14)23(25)26)18-4-3-5-19(18)21(22)15-8-12-17(13-9-15)24(27)28/h3-4,6-13,18-19H,5H2,1-2H3. The van der Waals surface area contributed by atoms with Gasteiger partial charge in [-0.1, -0.05) is 50.3 Å². The maximum Gasteiger partial charge on any atom is 0.269 e. The smallest absolute Gasteiger partial charge is 0.258 e. The normalized spacial score (nSPS) is 23.6. The second-order valence-electron chi connectivity index (χ2n) is 7.86. The summed E-state index contributed by atoms with van der Waals surface area (Å²) in [6.07, 6.45) is 5.33. The molecule has 28 heavy (non-hydrogen) atoms. The molecule has 1 saturated carbocycles. The molecule has 0 N–H and O–H groups in total. The minimum absolute atomic E-state index is 0.0817. The molecule has 0 aromatic heterocycles. The van der Waals surface area contributed by atoms with Gasteiger partial charge in [-0.3, -0.25) is 20.2 Å². The van der Waals surface area contributed by atoms with E-state index in [2.05, 4.69) is 26.0 Å². The largest absolute Gasteiger partial charge is 0.269 e. The molecule has 2 aliphatic carbocycles. The molecule has 142 valence electrons. The average Bonchev–Trinajstić information content (AvgIpc) is 3.18. The highest BCUT2D eigenvalue weighted by Gasteiger charge is 2.56. The fraction of sp³-hybridized carbons (Fsp3) is 0.273. The van der Waals surface area contributed by atoms with Crippen LogP contribution in [0.1, 0.15) is 31.4 Å². The molecule has 2 aromatic rings. The van der Waals surface area contributed by atoms with E-state index in [9.17, 15) is 20.2 Å². The van der Waals surface area contributed by atoms with Crippen molar-refractivity contribution in [2.75, 3.05) is 0 Å². The first kappa shape index (κ1) is 18.3. The van der Waals surface area contributed by atoms with Crippen molar-refractivity contribution in [1.82, 2.24) is 0 Å². The number of non-ortho nitro benzene ring substituents is 2. The Morgan fingerprint density at radius 1 is 0.821 bits per heavy atom. The van der Waals surface area contributed by atoms with Gasteiger partial charge < -0.3 is 0 Å². The van der Waals surface area contributed by atoms with Gasteiger partial charge in [0.2, 0.25) is 0 Å². The van der Waals surface area contributed by atoms with Crippen molar-refractivity contribution in [3.05, 3.63) is 104 Å². The maximum atomic E-state index is 11.0. The minimum atomic E-state index is -0.388. The van der Waals surface area contributed by atoms with Crippen LogP contribution in [0.2, 0.25) is 0 Å². The van der Waals surface area contributed by atoms with Crippen LogP contribution in [0.25, 0.3) is 0 Å². The molecule has 0 bridgehead atoms. The zero-order valence-corrected chi connectivity index (χ0v) is 15.7. The number of nitro groups is 2. The van der Waals surface area contributed by atoms with E-state index < -0.39 is 0 Å². The average molecular weight is 376 g/mol. The van der Waals surface area contributed by atoms with Crippen molar-refractivity contribution in [2.24, 2.45) is 17.3 Å². The fourth-order valence-corrected chi connectivity index (χ4v) is 4.93. The molecule has 0 saturated heterocycles. The van der Waals surface area contributed by atoms with Crippen LogP contribution < -0.4 is 0 Å². The molecule has 1 fully saturated rings. The molecule has 0 spiro atoms. The van der Waals surface area contributed by atoms with Crippen molar-refractivity contribution >= 4 is 11.4 Å². The third kappa shape index (κ3) is 2.80. The Bertz CT molecular complexity index is 948. The Hall–Kier alpha value is -3.02. The lowest BCUT2D eigenvalue weighted by Crippen LogP contribution is -2.26. The van der Waals surface area contributed by atoms with Gasteiger partial charge in [-0.15, -0.1) is 0 Å². The number of hydrogen-bond donors (Lipinski definition) is 0. The molecule has 0 aliphatic heterocycles. The monoisotopic (exact) mass is 376 g/mol. The van der Waals surface area contributed by atoms with Gasteiger partial charge in [-0.05, 0) is 34.8 Å². The Morgan fingerprint density at radius 2 is 1.29 bits per heavy atom. The van der Waals surface area contributed by atoms with Gasteiger partial charge in [0.05, 0.1) is 9.85 Å². The Labute approximate surface area is 163 Å². The molecular formula is C22H20N2O4. The number of fused-ring (bicyclic) bond motifs is 1. The van der Waals surface area contributed by atoms with E-state index in [1.165, 1.54) is 11.8 Å². The van der Waals surface area contributed by atoms with Crippen molar-refractivity contribution in [1.29, 1.82) is 0 Å². The SMILES string of the molecule is CC1(C)[C](c2ccc([N+](=O)[O-])cc2)C2C=CCC2[C]1c1ccc([N+](=O)[O-])cc1.